The zero-order valence-electron chi connectivity index (χ0n) is 20.6. The van der Waals surface area contributed by atoms with Crippen LogP contribution in [0, 0.1) is 11.1 Å². The maximum absolute atomic E-state index is 13.5. The molecule has 10 nitrogen and oxygen atoms in total. The molecule has 1 fully saturated rings. The number of fused-ring (bicyclic) bond motifs is 1. The number of pyridine rings is 1. The highest BCUT2D eigenvalue weighted by molar-refractivity contribution is 6.31. The van der Waals surface area contributed by atoms with Gasteiger partial charge in [0.15, 0.2) is 6.20 Å². The summed E-state index contributed by atoms with van der Waals surface area (Å²) in [5, 5.41) is 30.1. The predicted octanol–water partition coefficient (Wildman–Crippen LogP) is 4.54. The van der Waals surface area contributed by atoms with Crippen LogP contribution in [0.25, 0.3) is 27.9 Å². The summed E-state index contributed by atoms with van der Waals surface area (Å²) < 4.78 is 9.47. The molecule has 1 unspecified atom stereocenters. The normalized spacial score (nSPS) is 15.3. The molecule has 7 rings (SSSR count). The van der Waals surface area contributed by atoms with E-state index in [4.69, 9.17) is 16.3 Å². The van der Waals surface area contributed by atoms with Crippen LogP contribution in [0.1, 0.15) is 46.9 Å². The van der Waals surface area contributed by atoms with Crippen LogP contribution in [0.3, 0.4) is 0 Å². The summed E-state index contributed by atoms with van der Waals surface area (Å²) in [6.07, 6.45) is 9.95. The number of halogens is 1. The van der Waals surface area contributed by atoms with Gasteiger partial charge in [0.25, 0.3) is 0 Å². The van der Waals surface area contributed by atoms with Crippen molar-refractivity contribution in [2.45, 2.75) is 31.9 Å². The Labute approximate surface area is 228 Å². The number of carbonyl (C=O) groups is 1. The maximum Gasteiger partial charge on any atom is 0.338 e. The smallest absolute Gasteiger partial charge is 0.338 e. The van der Waals surface area contributed by atoms with Crippen molar-refractivity contribution < 1.29 is 14.3 Å². The first kappa shape index (κ1) is 23.5. The summed E-state index contributed by atoms with van der Waals surface area (Å²) >= 11 is 6.30. The van der Waals surface area contributed by atoms with Crippen LogP contribution in [0.4, 0.5) is 0 Å². The van der Waals surface area contributed by atoms with Crippen molar-refractivity contribution in [1.29, 1.82) is 0 Å². The van der Waals surface area contributed by atoms with Crippen molar-refractivity contribution >= 4 is 17.6 Å². The number of hydrogen-bond donors (Lipinski definition) is 0. The molecule has 0 radical (unpaired) electrons. The molecule has 2 aliphatic rings. The number of esters is 1. The number of ether oxygens (including phenoxy) is 1. The third-order valence-corrected chi connectivity index (χ3v) is 7.58. The molecular weight excluding hydrogens is 518 g/mol. The second kappa shape index (κ2) is 9.32. The number of rotatable bonds is 7. The molecular formula is C28H22ClN7O3. The first-order valence-corrected chi connectivity index (χ1v) is 13.0. The lowest BCUT2D eigenvalue weighted by Gasteiger charge is -2.18. The lowest BCUT2D eigenvalue weighted by molar-refractivity contribution is -0.615. The van der Waals surface area contributed by atoms with Crippen molar-refractivity contribution in [2.75, 3.05) is 0 Å². The maximum atomic E-state index is 13.5. The van der Waals surface area contributed by atoms with E-state index in [9.17, 15) is 10.0 Å². The Morgan fingerprint density at radius 3 is 2.74 bits per heavy atom. The number of hydrogen-bond acceptors (Lipinski definition) is 7. The minimum absolute atomic E-state index is 0.226. The molecule has 39 heavy (non-hydrogen) atoms. The highest BCUT2D eigenvalue weighted by Gasteiger charge is 2.32. The molecule has 4 heterocycles. The molecule has 1 saturated carbocycles. The first-order chi connectivity index (χ1) is 19.0. The van der Waals surface area contributed by atoms with Crippen LogP contribution >= 0.6 is 11.6 Å². The van der Waals surface area contributed by atoms with Crippen LogP contribution in [0.5, 0.6) is 0 Å². The summed E-state index contributed by atoms with van der Waals surface area (Å²) in [6.45, 7) is 0.282. The SMILES string of the molecule is O=C1OCc2cc(-c3cnn(C(CC4CC4)c4ccc(-c5cc(Cl)ccc5-n5cnnn5)c[n+]4[O-])c3)ccc21. The number of carbonyl (C=O) groups excluding carboxylic acids is 1. The third-order valence-electron chi connectivity index (χ3n) is 7.34. The Bertz CT molecular complexity index is 1710. The van der Waals surface area contributed by atoms with E-state index in [2.05, 4.69) is 20.6 Å². The lowest BCUT2D eigenvalue weighted by Crippen LogP contribution is -2.35. The topological polar surface area (TPSA) is 115 Å². The second-order valence-electron chi connectivity index (χ2n) is 9.94. The fourth-order valence-electron chi connectivity index (χ4n) is 5.12. The van der Waals surface area contributed by atoms with E-state index in [1.165, 1.54) is 11.0 Å². The van der Waals surface area contributed by atoms with Gasteiger partial charge in [0.05, 0.1) is 17.4 Å². The Balaban J connectivity index is 1.24. The zero-order chi connectivity index (χ0) is 26.5. The fourth-order valence-corrected chi connectivity index (χ4v) is 5.30. The molecule has 0 bridgehead atoms. The molecule has 2 aromatic carbocycles. The van der Waals surface area contributed by atoms with E-state index in [1.54, 1.807) is 30.6 Å². The van der Waals surface area contributed by atoms with Gasteiger partial charge in [-0.3, -0.25) is 4.68 Å². The van der Waals surface area contributed by atoms with E-state index in [1.807, 2.05) is 41.2 Å². The molecule has 1 aliphatic carbocycles. The van der Waals surface area contributed by atoms with Gasteiger partial charge >= 0.3 is 5.97 Å². The molecule has 0 amide bonds. The highest BCUT2D eigenvalue weighted by Crippen LogP contribution is 2.39. The van der Waals surface area contributed by atoms with Gasteiger partial charge in [0, 0.05) is 39.5 Å². The van der Waals surface area contributed by atoms with Gasteiger partial charge in [-0.1, -0.05) is 30.5 Å². The molecule has 1 aliphatic heterocycles. The number of benzene rings is 2. The van der Waals surface area contributed by atoms with E-state index in [-0.39, 0.29) is 18.6 Å². The van der Waals surface area contributed by atoms with Crippen LogP contribution in [-0.4, -0.2) is 36.0 Å². The van der Waals surface area contributed by atoms with Crippen molar-refractivity contribution in [3.63, 3.8) is 0 Å². The van der Waals surface area contributed by atoms with Crippen LogP contribution < -0.4 is 4.73 Å². The van der Waals surface area contributed by atoms with E-state index in [0.717, 1.165) is 46.2 Å². The standard InChI is InChI=1S/C28H22ClN7O3/c29-22-5-8-25(35-16-30-32-33-35)24(11-22)19-4-7-26(36(38)14-19)27(9-17-1-2-17)34-13-21(12-31-34)18-3-6-23-20(10-18)15-39-28(23)37/h3-8,10-14,16-17,27H,1-2,9,15H2. The van der Waals surface area contributed by atoms with Gasteiger partial charge in [-0.2, -0.15) is 14.5 Å². The second-order valence-corrected chi connectivity index (χ2v) is 10.4. The van der Waals surface area contributed by atoms with Crippen LogP contribution in [0.15, 0.2) is 73.4 Å². The van der Waals surface area contributed by atoms with Crippen molar-refractivity contribution in [3.8, 4) is 27.9 Å². The summed E-state index contributed by atoms with van der Waals surface area (Å²) in [6, 6.07) is 14.6. The Kier molecular flexibility index (Phi) is 5.62. The summed E-state index contributed by atoms with van der Waals surface area (Å²) in [4.78, 5) is 11.8. The molecule has 11 heteroatoms. The molecule has 0 N–H and O–H groups in total. The Morgan fingerprint density at radius 1 is 1.08 bits per heavy atom. The molecule has 3 aromatic heterocycles. The summed E-state index contributed by atoms with van der Waals surface area (Å²) in [5.74, 6) is 0.271. The third kappa shape index (κ3) is 4.42. The number of tetrazole rings is 1. The van der Waals surface area contributed by atoms with Gasteiger partial charge in [-0.15, -0.1) is 5.10 Å². The summed E-state index contributed by atoms with van der Waals surface area (Å²) in [7, 11) is 0. The van der Waals surface area contributed by atoms with E-state index >= 15 is 0 Å². The Morgan fingerprint density at radius 2 is 1.95 bits per heavy atom. The number of nitrogens with zero attached hydrogens (tertiary/aromatic N) is 7. The molecule has 0 saturated heterocycles. The molecule has 5 aromatic rings. The minimum atomic E-state index is -0.289. The van der Waals surface area contributed by atoms with Gasteiger partial charge < -0.3 is 9.94 Å². The van der Waals surface area contributed by atoms with Gasteiger partial charge in [-0.25, -0.2) is 4.79 Å². The van der Waals surface area contributed by atoms with Crippen LogP contribution in [0.2, 0.25) is 5.02 Å². The molecule has 0 spiro atoms. The Hall–Kier alpha value is -4.57. The molecule has 194 valence electrons. The van der Waals surface area contributed by atoms with Crippen molar-refractivity contribution in [1.82, 2.24) is 30.0 Å². The van der Waals surface area contributed by atoms with Gasteiger partial charge in [-0.05, 0) is 64.7 Å². The number of cyclic esters (lactones) is 1. The summed E-state index contributed by atoms with van der Waals surface area (Å²) in [5.41, 5.74) is 6.10. The van der Waals surface area contributed by atoms with Crippen LogP contribution in [-0.2, 0) is 11.3 Å². The first-order valence-electron chi connectivity index (χ1n) is 12.6. The average Bonchev–Trinajstić information content (AvgIpc) is 3.31. The number of aromatic nitrogens is 7. The zero-order valence-corrected chi connectivity index (χ0v) is 21.4. The average molecular weight is 540 g/mol. The minimum Gasteiger partial charge on any atom is -0.618 e. The monoisotopic (exact) mass is 539 g/mol. The van der Waals surface area contributed by atoms with Crippen molar-refractivity contribution in [2.24, 2.45) is 5.92 Å². The predicted molar refractivity (Wildman–Crippen MR) is 141 cm³/mol. The lowest BCUT2D eigenvalue weighted by atomic mass is 10.0. The van der Waals surface area contributed by atoms with Gasteiger partial charge in [0.1, 0.15) is 19.0 Å². The van der Waals surface area contributed by atoms with E-state index in [0.29, 0.717) is 33.4 Å². The quantitative estimate of drug-likeness (QED) is 0.169. The van der Waals surface area contributed by atoms with Crippen molar-refractivity contribution in [3.05, 3.63) is 100 Å². The molecule has 1 atom stereocenters. The van der Waals surface area contributed by atoms with E-state index < -0.39 is 0 Å². The fraction of sp³-hybridized carbons (Fsp3) is 0.214. The van der Waals surface area contributed by atoms with Gasteiger partial charge in [0.2, 0.25) is 5.69 Å². The largest absolute Gasteiger partial charge is 0.618 e. The highest BCUT2D eigenvalue weighted by atomic mass is 35.5.